The molecule has 0 aliphatic heterocycles. The molecule has 0 N–H and O–H groups in total. The molecule has 0 amide bonds. The molecule has 7 aromatic rings. The van der Waals surface area contributed by atoms with Gasteiger partial charge in [0.05, 0.1) is 0 Å². The van der Waals surface area contributed by atoms with Gasteiger partial charge in [-0.15, -0.1) is 0 Å². The summed E-state index contributed by atoms with van der Waals surface area (Å²) in [5, 5.41) is 8.09. The molecule has 11 rings (SSSR count). The second-order valence-corrected chi connectivity index (χ2v) is 12.8. The van der Waals surface area contributed by atoms with E-state index in [1.165, 1.54) is 98.8 Å². The van der Waals surface area contributed by atoms with Crippen molar-refractivity contribution < 1.29 is 0 Å². The van der Waals surface area contributed by atoms with E-state index in [0.717, 1.165) is 0 Å². The van der Waals surface area contributed by atoms with Crippen LogP contribution in [-0.2, 0) is 0 Å². The smallest absolute Gasteiger partial charge is 0.0144 e. The van der Waals surface area contributed by atoms with Gasteiger partial charge >= 0.3 is 0 Å². The summed E-state index contributed by atoms with van der Waals surface area (Å²) in [5.74, 6) is 0.533. The minimum Gasteiger partial charge on any atom is -0.0681 e. The van der Waals surface area contributed by atoms with E-state index >= 15 is 0 Å². The van der Waals surface area contributed by atoms with Crippen LogP contribution in [0.15, 0.2) is 140 Å². The minimum absolute atomic E-state index is 0.263. The number of hydrogen-bond donors (Lipinski definition) is 0. The molecule has 4 aliphatic rings. The number of rotatable bonds is 1. The lowest BCUT2D eigenvalue weighted by Gasteiger charge is -2.35. The van der Waals surface area contributed by atoms with Gasteiger partial charge in [0.1, 0.15) is 0 Å². The first-order valence-corrected chi connectivity index (χ1v) is 15.7. The molecule has 0 bridgehead atoms. The number of fused-ring (bicyclic) bond motifs is 11. The van der Waals surface area contributed by atoms with Crippen molar-refractivity contribution in [2.24, 2.45) is 5.92 Å². The first-order valence-electron chi connectivity index (χ1n) is 15.7. The molecular weight excluding hydrogens is 528 g/mol. The molecule has 0 heteroatoms. The first kappa shape index (κ1) is 23.1. The fourth-order valence-electron chi connectivity index (χ4n) is 8.85. The van der Waals surface area contributed by atoms with Gasteiger partial charge in [-0.25, -0.2) is 0 Å². The predicted octanol–water partition coefficient (Wildman–Crippen LogP) is 9.46. The second-order valence-electron chi connectivity index (χ2n) is 12.8. The molecule has 44 heavy (non-hydrogen) atoms. The first-order chi connectivity index (χ1) is 21.8. The highest BCUT2D eigenvalue weighted by Crippen LogP contribution is 2.54. The zero-order chi connectivity index (χ0) is 28.5. The van der Waals surface area contributed by atoms with Crippen molar-refractivity contribution in [3.8, 4) is 33.4 Å². The molecule has 0 aromatic heterocycles. The van der Waals surface area contributed by atoms with Crippen LogP contribution >= 0.6 is 0 Å². The van der Waals surface area contributed by atoms with Crippen molar-refractivity contribution in [1.82, 2.24) is 0 Å². The van der Waals surface area contributed by atoms with E-state index in [2.05, 4.69) is 146 Å². The molecule has 0 saturated heterocycles. The highest BCUT2D eigenvalue weighted by molar-refractivity contribution is 6.16. The maximum Gasteiger partial charge on any atom is 0.0144 e. The average Bonchev–Trinajstić information content (AvgIpc) is 3.59. The van der Waals surface area contributed by atoms with Crippen molar-refractivity contribution in [3.05, 3.63) is 172 Å². The summed E-state index contributed by atoms with van der Waals surface area (Å²) in [5.41, 5.74) is 16.6. The summed E-state index contributed by atoms with van der Waals surface area (Å²) in [7, 11) is 0. The van der Waals surface area contributed by atoms with Crippen LogP contribution in [0.25, 0.3) is 72.1 Å². The summed E-state index contributed by atoms with van der Waals surface area (Å²) in [4.78, 5) is 0. The molecule has 0 fully saturated rings. The molecule has 7 aromatic carbocycles. The Morgan fingerprint density at radius 3 is 1.93 bits per heavy atom. The molecule has 0 heterocycles. The topological polar surface area (TPSA) is 0 Å². The Morgan fingerprint density at radius 2 is 1.07 bits per heavy atom. The Morgan fingerprint density at radius 1 is 0.386 bits per heavy atom. The standard InChI is InChI=1S/C44H26/c1-2-9-27-20-28(19-18-25(27)8-1)35-22-41-36(21-29-12-7-15-31-30-13-3-4-14-32(30)44(41)43(29)31)40-24-38-34-17-6-11-26-10-5-16-33(42(26)34)37(38)23-39(35)40/h1-24,36,41H. The Labute approximate surface area is 255 Å². The average molecular weight is 555 g/mol. The Bertz CT molecular complexity index is 2610. The lowest BCUT2D eigenvalue weighted by Crippen LogP contribution is -2.36. The molecule has 0 spiro atoms. The monoisotopic (exact) mass is 554 g/mol. The summed E-state index contributed by atoms with van der Waals surface area (Å²) in [6, 6.07) is 50.3. The molecule has 0 saturated carbocycles. The van der Waals surface area contributed by atoms with Crippen LogP contribution in [0.3, 0.4) is 0 Å². The maximum atomic E-state index is 2.61. The molecule has 2 unspecified atom stereocenters. The van der Waals surface area contributed by atoms with E-state index in [9.17, 15) is 0 Å². The summed E-state index contributed by atoms with van der Waals surface area (Å²) in [6.07, 6.45) is 5.18. The van der Waals surface area contributed by atoms with Gasteiger partial charge in [-0.05, 0) is 117 Å². The van der Waals surface area contributed by atoms with Crippen LogP contribution in [0.5, 0.6) is 0 Å². The van der Waals surface area contributed by atoms with Gasteiger partial charge in [-0.1, -0.05) is 127 Å². The highest BCUT2D eigenvalue weighted by atomic mass is 14.4. The van der Waals surface area contributed by atoms with E-state index in [1.54, 1.807) is 0 Å². The van der Waals surface area contributed by atoms with Crippen molar-refractivity contribution in [2.45, 2.75) is 5.92 Å². The third-order valence-electron chi connectivity index (χ3n) is 10.7. The zero-order valence-corrected chi connectivity index (χ0v) is 24.0. The second kappa shape index (κ2) is 8.13. The van der Waals surface area contributed by atoms with Crippen LogP contribution in [-0.4, -0.2) is 0 Å². The molecule has 202 valence electrons. The normalized spacial score (nSPS) is 17.8. The molecule has 2 atom stereocenters. The zero-order valence-electron chi connectivity index (χ0n) is 24.0. The fourth-order valence-corrected chi connectivity index (χ4v) is 8.85. The molecular formula is C44H26. The van der Waals surface area contributed by atoms with Crippen LogP contribution in [0.2, 0.25) is 0 Å². The maximum absolute atomic E-state index is 2.61. The minimum atomic E-state index is 0.263. The van der Waals surface area contributed by atoms with E-state index in [-0.39, 0.29) is 11.8 Å². The van der Waals surface area contributed by atoms with Crippen molar-refractivity contribution in [2.75, 3.05) is 0 Å². The van der Waals surface area contributed by atoms with Gasteiger partial charge in [0.2, 0.25) is 0 Å². The van der Waals surface area contributed by atoms with Gasteiger partial charge in [0.15, 0.2) is 0 Å². The predicted molar refractivity (Wildman–Crippen MR) is 184 cm³/mol. The third-order valence-corrected chi connectivity index (χ3v) is 10.7. The Kier molecular flexibility index (Phi) is 4.26. The van der Waals surface area contributed by atoms with E-state index in [0.29, 0.717) is 0 Å². The quantitative estimate of drug-likeness (QED) is 0.190. The largest absolute Gasteiger partial charge is 0.0681 e. The number of benzene rings is 7. The lowest BCUT2D eigenvalue weighted by atomic mass is 9.68. The summed E-state index contributed by atoms with van der Waals surface area (Å²) < 4.78 is 0. The van der Waals surface area contributed by atoms with Gasteiger partial charge in [0, 0.05) is 11.8 Å². The van der Waals surface area contributed by atoms with Crippen LogP contribution < -0.4 is 10.4 Å². The Balaban J connectivity index is 1.24. The lowest BCUT2D eigenvalue weighted by molar-refractivity contribution is 0.733. The van der Waals surface area contributed by atoms with Crippen LogP contribution in [0.4, 0.5) is 0 Å². The van der Waals surface area contributed by atoms with Crippen molar-refractivity contribution in [3.63, 3.8) is 0 Å². The summed E-state index contributed by atoms with van der Waals surface area (Å²) >= 11 is 0. The molecule has 4 aliphatic carbocycles. The third kappa shape index (κ3) is 2.84. The number of hydrogen-bond acceptors (Lipinski definition) is 0. The SMILES string of the molecule is C1=C(c2ccc3ccccc3c2)c2cc3c(cc2C2C=c4cccc5c4=C(c4ccccc4-5)C12)-c1cccc2cccc-3c12. The Hall–Kier alpha value is -5.46. The summed E-state index contributed by atoms with van der Waals surface area (Å²) in [6.45, 7) is 0. The fraction of sp³-hybridized carbons (Fsp3) is 0.0455. The van der Waals surface area contributed by atoms with Crippen LogP contribution in [0, 0.1) is 5.92 Å². The van der Waals surface area contributed by atoms with Crippen molar-refractivity contribution in [1.29, 1.82) is 0 Å². The highest BCUT2D eigenvalue weighted by Gasteiger charge is 2.38. The molecule has 0 nitrogen and oxygen atoms in total. The number of allylic oxidation sites excluding steroid dienone is 1. The van der Waals surface area contributed by atoms with Gasteiger partial charge < -0.3 is 0 Å². The van der Waals surface area contributed by atoms with E-state index in [1.807, 2.05) is 0 Å². The van der Waals surface area contributed by atoms with Gasteiger partial charge in [-0.3, -0.25) is 0 Å². The molecule has 0 radical (unpaired) electrons. The van der Waals surface area contributed by atoms with E-state index < -0.39 is 0 Å². The van der Waals surface area contributed by atoms with Crippen LogP contribution in [0.1, 0.15) is 28.2 Å². The van der Waals surface area contributed by atoms with Gasteiger partial charge in [0.25, 0.3) is 0 Å². The van der Waals surface area contributed by atoms with Crippen molar-refractivity contribution >= 4 is 38.8 Å². The van der Waals surface area contributed by atoms with Gasteiger partial charge in [-0.2, -0.15) is 0 Å². The van der Waals surface area contributed by atoms with E-state index in [4.69, 9.17) is 0 Å².